The topological polar surface area (TPSA) is 17.4 Å². The molecule has 0 N–H and O–H groups in total. The quantitative estimate of drug-likeness (QED) is 0.575. The van der Waals surface area contributed by atoms with E-state index in [4.69, 9.17) is 16.3 Å². The van der Waals surface area contributed by atoms with Gasteiger partial charge in [0.05, 0.1) is 5.69 Å². The van der Waals surface area contributed by atoms with Crippen molar-refractivity contribution in [3.63, 3.8) is 0 Å². The van der Waals surface area contributed by atoms with Crippen LogP contribution in [0.1, 0.15) is 25.1 Å². The molecule has 0 saturated carbocycles. The van der Waals surface area contributed by atoms with Gasteiger partial charge >= 0.3 is 0 Å². The zero-order valence-electron chi connectivity index (χ0n) is 15.1. The molecule has 0 aliphatic heterocycles. The number of nitrogens with zero attached hydrogens (tertiary/aromatic N) is 2. The molecule has 1 aromatic heterocycles. The molecular weight excluding hydrogens is 332 g/mol. The fourth-order valence-corrected chi connectivity index (χ4v) is 3.36. The van der Waals surface area contributed by atoms with Crippen LogP contribution in [-0.2, 0) is 20.2 Å². The number of hydrogen-bond donors (Lipinski definition) is 0. The van der Waals surface area contributed by atoms with Gasteiger partial charge in [-0.05, 0) is 49.0 Å². The van der Waals surface area contributed by atoms with Crippen LogP contribution < -0.4 is 4.74 Å². The summed E-state index contributed by atoms with van der Waals surface area (Å²) in [5.41, 5.74) is 3.83. The van der Waals surface area contributed by atoms with Gasteiger partial charge in [-0.25, -0.2) is 0 Å². The number of hydrogen-bond acceptors (Lipinski definition) is 2. The van der Waals surface area contributed by atoms with E-state index in [1.54, 1.807) is 0 Å². The predicted molar refractivity (Wildman–Crippen MR) is 105 cm³/mol. The third kappa shape index (κ3) is 3.83. The Labute approximate surface area is 154 Å². The molecule has 0 saturated heterocycles. The van der Waals surface area contributed by atoms with Gasteiger partial charge < -0.3 is 9.30 Å². The van der Waals surface area contributed by atoms with E-state index in [2.05, 4.69) is 54.6 Å². The Morgan fingerprint density at radius 3 is 2.36 bits per heavy atom. The van der Waals surface area contributed by atoms with Gasteiger partial charge in [-0.2, -0.15) is 0 Å². The van der Waals surface area contributed by atoms with Gasteiger partial charge in [-0.3, -0.25) is 4.90 Å². The maximum atomic E-state index is 6.05. The van der Waals surface area contributed by atoms with Crippen molar-refractivity contribution >= 4 is 22.5 Å². The Bertz CT molecular complexity index is 835. The lowest BCUT2D eigenvalue weighted by molar-refractivity contribution is 0.278. The van der Waals surface area contributed by atoms with Crippen molar-refractivity contribution in [1.82, 2.24) is 9.47 Å². The molecule has 3 aromatic rings. The largest absolute Gasteiger partial charge is 0.487 e. The van der Waals surface area contributed by atoms with Crippen LogP contribution in [0.15, 0.2) is 48.5 Å². The van der Waals surface area contributed by atoms with E-state index in [-0.39, 0.29) is 0 Å². The predicted octanol–water partition coefficient (Wildman–Crippen LogP) is 5.25. The van der Waals surface area contributed by atoms with Gasteiger partial charge in [0.15, 0.2) is 0 Å². The SMILES string of the molecule is CCN(CC)Cc1c(COc2ccc(Cl)cc2)n(C)c2ccccc12. The Morgan fingerprint density at radius 2 is 1.68 bits per heavy atom. The second-order valence-corrected chi connectivity index (χ2v) is 6.64. The lowest BCUT2D eigenvalue weighted by atomic mass is 10.1. The Kier molecular flexibility index (Phi) is 5.67. The second-order valence-electron chi connectivity index (χ2n) is 6.21. The van der Waals surface area contributed by atoms with Gasteiger partial charge in [0.2, 0.25) is 0 Å². The molecule has 2 aromatic carbocycles. The summed E-state index contributed by atoms with van der Waals surface area (Å²) in [6.45, 7) is 7.97. The van der Waals surface area contributed by atoms with Crippen molar-refractivity contribution in [1.29, 1.82) is 0 Å². The fourth-order valence-electron chi connectivity index (χ4n) is 3.24. The van der Waals surface area contributed by atoms with Gasteiger partial charge in [0, 0.05) is 29.5 Å². The number of aromatic nitrogens is 1. The standard InChI is InChI=1S/C21H25ClN2O/c1-4-24(5-2)14-19-18-8-6-7-9-20(18)23(3)21(19)15-25-17-12-10-16(22)11-13-17/h6-13H,4-5,14-15H2,1-3H3. The first kappa shape index (κ1) is 17.8. The lowest BCUT2D eigenvalue weighted by Gasteiger charge is -2.19. The molecule has 0 radical (unpaired) electrons. The molecule has 0 bridgehead atoms. The number of aryl methyl sites for hydroxylation is 1. The number of fused-ring (bicyclic) bond motifs is 1. The van der Waals surface area contributed by atoms with E-state index < -0.39 is 0 Å². The van der Waals surface area contributed by atoms with Gasteiger partial charge in [-0.1, -0.05) is 43.6 Å². The molecule has 0 spiro atoms. The van der Waals surface area contributed by atoms with Crippen molar-refractivity contribution in [3.05, 3.63) is 64.8 Å². The first-order valence-electron chi connectivity index (χ1n) is 8.79. The maximum absolute atomic E-state index is 6.05. The minimum atomic E-state index is 0.545. The molecule has 0 aliphatic carbocycles. The summed E-state index contributed by atoms with van der Waals surface area (Å²) in [5.74, 6) is 0.837. The smallest absolute Gasteiger partial charge is 0.129 e. The number of para-hydroxylation sites is 1. The number of benzene rings is 2. The van der Waals surface area contributed by atoms with E-state index in [0.717, 1.165) is 30.4 Å². The van der Waals surface area contributed by atoms with Crippen LogP contribution in [0.3, 0.4) is 0 Å². The fraction of sp³-hybridized carbons (Fsp3) is 0.333. The van der Waals surface area contributed by atoms with Crippen molar-refractivity contribution in [2.75, 3.05) is 13.1 Å². The third-order valence-electron chi connectivity index (χ3n) is 4.81. The van der Waals surface area contributed by atoms with Crippen molar-refractivity contribution in [2.45, 2.75) is 27.0 Å². The molecule has 0 amide bonds. The van der Waals surface area contributed by atoms with Crippen LogP contribution in [0.25, 0.3) is 10.9 Å². The summed E-state index contributed by atoms with van der Waals surface area (Å²) in [6.07, 6.45) is 0. The van der Waals surface area contributed by atoms with Crippen molar-refractivity contribution in [3.8, 4) is 5.75 Å². The van der Waals surface area contributed by atoms with Crippen LogP contribution in [0.5, 0.6) is 5.75 Å². The summed E-state index contributed by atoms with van der Waals surface area (Å²) in [4.78, 5) is 2.44. The summed E-state index contributed by atoms with van der Waals surface area (Å²) in [5, 5.41) is 2.03. The van der Waals surface area contributed by atoms with Gasteiger partial charge in [0.25, 0.3) is 0 Å². The van der Waals surface area contributed by atoms with Crippen LogP contribution >= 0.6 is 11.6 Å². The monoisotopic (exact) mass is 356 g/mol. The average Bonchev–Trinajstić information content (AvgIpc) is 2.91. The molecule has 0 aliphatic rings. The van der Waals surface area contributed by atoms with E-state index in [0.29, 0.717) is 6.61 Å². The zero-order chi connectivity index (χ0) is 17.8. The van der Waals surface area contributed by atoms with Gasteiger partial charge in [0.1, 0.15) is 12.4 Å². The first-order chi connectivity index (χ1) is 12.1. The Morgan fingerprint density at radius 1 is 1.00 bits per heavy atom. The Balaban J connectivity index is 1.94. The average molecular weight is 357 g/mol. The highest BCUT2D eigenvalue weighted by Gasteiger charge is 2.17. The number of rotatable bonds is 7. The lowest BCUT2D eigenvalue weighted by Crippen LogP contribution is -2.23. The minimum absolute atomic E-state index is 0.545. The summed E-state index contributed by atoms with van der Waals surface area (Å²) >= 11 is 5.96. The van der Waals surface area contributed by atoms with E-state index >= 15 is 0 Å². The van der Waals surface area contributed by atoms with Crippen LogP contribution in [0, 0.1) is 0 Å². The molecule has 4 heteroatoms. The highest BCUT2D eigenvalue weighted by molar-refractivity contribution is 6.30. The van der Waals surface area contributed by atoms with Crippen molar-refractivity contribution < 1.29 is 4.74 Å². The molecule has 3 rings (SSSR count). The van der Waals surface area contributed by atoms with E-state index in [1.807, 2.05) is 24.3 Å². The zero-order valence-corrected chi connectivity index (χ0v) is 15.9. The molecule has 0 unspecified atom stereocenters. The first-order valence-corrected chi connectivity index (χ1v) is 9.17. The Hall–Kier alpha value is -1.97. The van der Waals surface area contributed by atoms with E-state index in [9.17, 15) is 0 Å². The van der Waals surface area contributed by atoms with E-state index in [1.165, 1.54) is 22.2 Å². The van der Waals surface area contributed by atoms with Crippen LogP contribution in [0.4, 0.5) is 0 Å². The number of ether oxygens (including phenoxy) is 1. The third-order valence-corrected chi connectivity index (χ3v) is 5.06. The second kappa shape index (κ2) is 7.94. The van der Waals surface area contributed by atoms with Crippen LogP contribution in [0.2, 0.25) is 5.02 Å². The highest BCUT2D eigenvalue weighted by atomic mass is 35.5. The molecule has 0 atom stereocenters. The van der Waals surface area contributed by atoms with Crippen molar-refractivity contribution in [2.24, 2.45) is 7.05 Å². The molecule has 1 heterocycles. The molecular formula is C21H25ClN2O. The maximum Gasteiger partial charge on any atom is 0.129 e. The molecule has 25 heavy (non-hydrogen) atoms. The van der Waals surface area contributed by atoms with Gasteiger partial charge in [-0.15, -0.1) is 0 Å². The van der Waals surface area contributed by atoms with Crippen LogP contribution in [-0.4, -0.2) is 22.6 Å². The molecule has 3 nitrogen and oxygen atoms in total. The molecule has 132 valence electrons. The normalized spacial score (nSPS) is 11.4. The number of halogens is 1. The summed E-state index contributed by atoms with van der Waals surface area (Å²) in [6, 6.07) is 16.1. The highest BCUT2D eigenvalue weighted by Crippen LogP contribution is 2.28. The summed E-state index contributed by atoms with van der Waals surface area (Å²) < 4.78 is 8.30. The minimum Gasteiger partial charge on any atom is -0.487 e. The molecule has 0 fully saturated rings. The summed E-state index contributed by atoms with van der Waals surface area (Å²) in [7, 11) is 2.12.